The molecule has 2 aliphatic heterocycles. The summed E-state index contributed by atoms with van der Waals surface area (Å²) in [5.41, 5.74) is 4.56. The van der Waals surface area contributed by atoms with Crippen LogP contribution in [0.5, 0.6) is 11.5 Å². The van der Waals surface area contributed by atoms with E-state index < -0.39 is 0 Å². The number of thiophene rings is 1. The van der Waals surface area contributed by atoms with E-state index in [9.17, 15) is 9.59 Å². The molecule has 0 aliphatic carbocycles. The van der Waals surface area contributed by atoms with Crippen LogP contribution in [0.4, 0.5) is 11.4 Å². The van der Waals surface area contributed by atoms with Crippen LogP contribution < -0.4 is 25.1 Å². The average molecular weight is 458 g/mol. The average Bonchev–Trinajstić information content (AvgIpc) is 3.44. The largest absolute Gasteiger partial charge is 0.497 e. The van der Waals surface area contributed by atoms with Gasteiger partial charge in [-0.15, -0.1) is 11.3 Å². The molecule has 2 aliphatic rings. The van der Waals surface area contributed by atoms with Gasteiger partial charge in [0.15, 0.2) is 0 Å². The first-order valence-electron chi connectivity index (χ1n) is 10.6. The third-order valence-corrected chi connectivity index (χ3v) is 6.33. The number of hydrogen-bond donors (Lipinski definition) is 2. The number of amidine groups is 1. The maximum absolute atomic E-state index is 12.8. The Morgan fingerprint density at radius 1 is 1.28 bits per heavy atom. The zero-order chi connectivity index (χ0) is 22.7. The lowest BCUT2D eigenvalue weighted by atomic mass is 10.1. The van der Waals surface area contributed by atoms with E-state index in [2.05, 4.69) is 20.7 Å². The molecule has 0 radical (unpaired) electrons. The summed E-state index contributed by atoms with van der Waals surface area (Å²) in [5.74, 6) is 1.97. The van der Waals surface area contributed by atoms with Gasteiger partial charge in [-0.2, -0.15) is 5.10 Å². The van der Waals surface area contributed by atoms with Gasteiger partial charge in [-0.1, -0.05) is 6.92 Å². The zero-order valence-electron chi connectivity index (χ0n) is 18.4. The van der Waals surface area contributed by atoms with Crippen molar-refractivity contribution in [2.24, 2.45) is 5.10 Å². The Labute approximate surface area is 191 Å². The number of carbonyl (C=O) groups excluding carboxylic acids is 2. The highest BCUT2D eigenvalue weighted by Crippen LogP contribution is 2.37. The number of nitrogens with zero attached hydrogens (tertiary/aromatic N) is 3. The highest BCUT2D eigenvalue weighted by molar-refractivity contribution is 7.12. The molecule has 9 nitrogen and oxygen atoms in total. The molecule has 0 saturated carbocycles. The lowest BCUT2D eigenvalue weighted by Gasteiger charge is -2.39. The van der Waals surface area contributed by atoms with Crippen molar-refractivity contribution in [3.63, 3.8) is 0 Å². The summed E-state index contributed by atoms with van der Waals surface area (Å²) in [7, 11) is 3.13. The van der Waals surface area contributed by atoms with E-state index in [1.807, 2.05) is 23.3 Å². The molecule has 4 rings (SSSR count). The molecule has 2 amide bonds. The number of hydrazone groups is 1. The van der Waals surface area contributed by atoms with Gasteiger partial charge in [-0.3, -0.25) is 24.8 Å². The van der Waals surface area contributed by atoms with E-state index in [1.165, 1.54) is 11.3 Å². The molecule has 0 saturated heterocycles. The maximum atomic E-state index is 12.8. The van der Waals surface area contributed by atoms with Gasteiger partial charge in [0.25, 0.3) is 5.91 Å². The fourth-order valence-electron chi connectivity index (χ4n) is 3.93. The molecule has 2 aromatic rings. The number of hydrogen-bond acceptors (Lipinski definition) is 8. The van der Waals surface area contributed by atoms with Gasteiger partial charge >= 0.3 is 0 Å². The summed E-state index contributed by atoms with van der Waals surface area (Å²) < 4.78 is 10.5. The zero-order valence-corrected chi connectivity index (χ0v) is 19.2. The molecule has 1 unspecified atom stereocenters. The van der Waals surface area contributed by atoms with Gasteiger partial charge in [0, 0.05) is 25.5 Å². The van der Waals surface area contributed by atoms with Crippen LogP contribution in [-0.2, 0) is 4.79 Å². The smallest absolute Gasteiger partial charge is 0.269 e. The van der Waals surface area contributed by atoms with E-state index in [0.717, 1.165) is 22.8 Å². The molecule has 170 valence electrons. The third-order valence-electron chi connectivity index (χ3n) is 5.44. The molecule has 2 N–H and O–H groups in total. The van der Waals surface area contributed by atoms with E-state index >= 15 is 0 Å². The van der Waals surface area contributed by atoms with Crippen LogP contribution in [-0.4, -0.2) is 49.6 Å². The summed E-state index contributed by atoms with van der Waals surface area (Å²) in [5, 5.41) is 9.32. The number of amides is 2. The number of rotatable bonds is 9. The van der Waals surface area contributed by atoms with Crippen molar-refractivity contribution in [1.29, 1.82) is 0 Å². The summed E-state index contributed by atoms with van der Waals surface area (Å²) in [6.45, 7) is 2.70. The van der Waals surface area contributed by atoms with E-state index in [1.54, 1.807) is 32.4 Å². The molecule has 0 bridgehead atoms. The van der Waals surface area contributed by atoms with E-state index in [-0.39, 0.29) is 18.1 Å². The van der Waals surface area contributed by atoms with Crippen LogP contribution >= 0.6 is 11.3 Å². The minimum Gasteiger partial charge on any atom is -0.497 e. The first-order valence-corrected chi connectivity index (χ1v) is 11.5. The van der Waals surface area contributed by atoms with Crippen LogP contribution in [0.25, 0.3) is 0 Å². The highest BCUT2D eigenvalue weighted by atomic mass is 32.1. The SMILES string of the molecule is CCCN1C(=O)c2sccc2N2C(CCCC(=O)Nc3cc(OC)ccc3OC)=NNC12. The predicted octanol–water partition coefficient (Wildman–Crippen LogP) is 3.45. The van der Waals surface area contributed by atoms with Gasteiger partial charge in [-0.05, 0) is 36.4 Å². The number of benzene rings is 1. The van der Waals surface area contributed by atoms with Gasteiger partial charge < -0.3 is 14.8 Å². The lowest BCUT2D eigenvalue weighted by Crippen LogP contribution is -2.58. The topological polar surface area (TPSA) is 95.5 Å². The Morgan fingerprint density at radius 3 is 2.88 bits per heavy atom. The van der Waals surface area contributed by atoms with Gasteiger partial charge in [-0.25, -0.2) is 0 Å². The summed E-state index contributed by atoms with van der Waals surface area (Å²) in [4.78, 5) is 30.0. The number of fused-ring (bicyclic) bond motifs is 3. The van der Waals surface area contributed by atoms with Crippen LogP contribution in [0.15, 0.2) is 34.7 Å². The lowest BCUT2D eigenvalue weighted by molar-refractivity contribution is -0.116. The Morgan fingerprint density at radius 2 is 2.12 bits per heavy atom. The quantitative estimate of drug-likeness (QED) is 0.599. The molecular formula is C22H27N5O4S. The van der Waals surface area contributed by atoms with Crippen LogP contribution in [0.3, 0.4) is 0 Å². The van der Waals surface area contributed by atoms with Gasteiger partial charge in [0.1, 0.15) is 22.2 Å². The van der Waals surface area contributed by atoms with Crippen LogP contribution in [0.2, 0.25) is 0 Å². The number of carbonyl (C=O) groups is 2. The van der Waals surface area contributed by atoms with Crippen LogP contribution in [0.1, 0.15) is 42.3 Å². The normalized spacial score (nSPS) is 16.8. The highest BCUT2D eigenvalue weighted by Gasteiger charge is 2.42. The first-order chi connectivity index (χ1) is 15.6. The second-order valence-corrected chi connectivity index (χ2v) is 8.42. The second kappa shape index (κ2) is 9.47. The second-order valence-electron chi connectivity index (χ2n) is 7.50. The number of ether oxygens (including phenoxy) is 2. The fourth-order valence-corrected chi connectivity index (χ4v) is 4.77. The molecule has 1 atom stereocenters. The van der Waals surface area contributed by atoms with Crippen molar-refractivity contribution in [3.05, 3.63) is 34.5 Å². The molecule has 10 heteroatoms. The summed E-state index contributed by atoms with van der Waals surface area (Å²) in [6.07, 6.45) is 2.10. The number of methoxy groups -OCH3 is 2. The molecule has 0 spiro atoms. The first kappa shape index (κ1) is 21.9. The fraction of sp³-hybridized carbons (Fsp3) is 0.409. The van der Waals surface area contributed by atoms with Crippen molar-refractivity contribution >= 4 is 40.4 Å². The van der Waals surface area contributed by atoms with E-state index in [0.29, 0.717) is 43.0 Å². The van der Waals surface area contributed by atoms with Crippen molar-refractivity contribution in [3.8, 4) is 11.5 Å². The monoisotopic (exact) mass is 457 g/mol. The summed E-state index contributed by atoms with van der Waals surface area (Å²) >= 11 is 1.45. The van der Waals surface area contributed by atoms with Crippen molar-refractivity contribution in [1.82, 2.24) is 10.3 Å². The van der Waals surface area contributed by atoms with Gasteiger partial charge in [0.05, 0.1) is 25.6 Å². The Kier molecular flexibility index (Phi) is 6.50. The molecule has 1 aromatic carbocycles. The molecule has 32 heavy (non-hydrogen) atoms. The molecular weight excluding hydrogens is 430 g/mol. The minimum absolute atomic E-state index is 0.0358. The number of anilines is 2. The standard InChI is InChI=1S/C22H27N5O4S/c1-4-11-26-21(29)20-16(10-12-32-20)27-18(24-25-22(26)27)6-5-7-19(28)23-15-13-14(30-2)8-9-17(15)31-3/h8-10,12-13,22,25H,4-7,11H2,1-3H3,(H,23,28). The predicted molar refractivity (Wildman–Crippen MR) is 125 cm³/mol. The van der Waals surface area contributed by atoms with Crippen molar-refractivity contribution in [2.75, 3.05) is 31.0 Å². The van der Waals surface area contributed by atoms with Crippen LogP contribution in [0, 0.1) is 0 Å². The summed E-state index contributed by atoms with van der Waals surface area (Å²) in [6, 6.07) is 7.22. The van der Waals surface area contributed by atoms with Crippen molar-refractivity contribution < 1.29 is 19.1 Å². The molecule has 0 fully saturated rings. The molecule has 3 heterocycles. The van der Waals surface area contributed by atoms with Gasteiger partial charge in [0.2, 0.25) is 12.2 Å². The maximum Gasteiger partial charge on any atom is 0.269 e. The molecule has 1 aromatic heterocycles. The van der Waals surface area contributed by atoms with Crippen molar-refractivity contribution in [2.45, 2.75) is 38.9 Å². The Hall–Kier alpha value is -3.27. The minimum atomic E-state index is -0.311. The van der Waals surface area contributed by atoms with E-state index in [4.69, 9.17) is 9.47 Å². The third kappa shape index (κ3) is 4.10. The Bertz CT molecular complexity index is 1040. The number of nitrogens with one attached hydrogen (secondary N) is 2. The Balaban J connectivity index is 1.39.